The molecule has 9 rings (SSSR count). The molecular formula is C61H64O11. The molecule has 0 aliphatic carbocycles. The van der Waals surface area contributed by atoms with E-state index in [1.165, 1.54) is 0 Å². The van der Waals surface area contributed by atoms with Gasteiger partial charge >= 0.3 is 0 Å². The molecule has 0 aromatic heterocycles. The molecule has 1 N–H and O–H groups in total. The van der Waals surface area contributed by atoms with Gasteiger partial charge in [0, 0.05) is 0 Å². The highest BCUT2D eigenvalue weighted by molar-refractivity contribution is 5.19. The van der Waals surface area contributed by atoms with Crippen LogP contribution in [0.1, 0.15) is 38.9 Å². The number of hydrogen-bond donors (Lipinski definition) is 1. The van der Waals surface area contributed by atoms with Crippen molar-refractivity contribution in [1.29, 1.82) is 0 Å². The summed E-state index contributed by atoms with van der Waals surface area (Å²) in [6, 6.07) is 69.7. The predicted octanol–water partition coefficient (Wildman–Crippen LogP) is 10.2. The van der Waals surface area contributed by atoms with Gasteiger partial charge in [-0.05, 0) is 38.9 Å². The van der Waals surface area contributed by atoms with Crippen LogP contribution in [0.15, 0.2) is 212 Å². The van der Waals surface area contributed by atoms with E-state index in [1.807, 2.05) is 212 Å². The Morgan fingerprint density at radius 3 is 0.917 bits per heavy atom. The fraction of sp³-hybridized carbons (Fsp3) is 0.311. The third-order valence-corrected chi connectivity index (χ3v) is 12.7. The van der Waals surface area contributed by atoms with E-state index in [-0.39, 0.29) is 52.9 Å². The monoisotopic (exact) mass is 972 g/mol. The number of aliphatic hydroxyl groups excluding tert-OH is 1. The highest BCUT2D eigenvalue weighted by Gasteiger charge is 2.52. The quantitative estimate of drug-likeness (QED) is 0.0591. The van der Waals surface area contributed by atoms with Crippen LogP contribution in [-0.2, 0) is 93.6 Å². The number of aliphatic hydroxyl groups is 1. The van der Waals surface area contributed by atoms with Gasteiger partial charge in [-0.15, -0.1) is 0 Å². The van der Waals surface area contributed by atoms with Crippen molar-refractivity contribution in [3.63, 3.8) is 0 Å². The molecule has 11 heteroatoms. The van der Waals surface area contributed by atoms with Crippen molar-refractivity contribution in [3.8, 4) is 0 Å². The van der Waals surface area contributed by atoms with Crippen LogP contribution in [0.25, 0.3) is 0 Å². The van der Waals surface area contributed by atoms with Gasteiger partial charge in [-0.1, -0.05) is 212 Å². The van der Waals surface area contributed by atoms with Crippen LogP contribution >= 0.6 is 0 Å². The number of ether oxygens (including phenoxy) is 10. The van der Waals surface area contributed by atoms with Crippen molar-refractivity contribution in [2.45, 2.75) is 108 Å². The zero-order chi connectivity index (χ0) is 49.0. The largest absolute Gasteiger partial charge is 0.374 e. The predicted molar refractivity (Wildman–Crippen MR) is 272 cm³/mol. The Balaban J connectivity index is 1.04. The summed E-state index contributed by atoms with van der Waals surface area (Å²) in [6.45, 7) is 1.89. The first kappa shape index (κ1) is 51.0. The molecule has 0 spiro atoms. The van der Waals surface area contributed by atoms with Gasteiger partial charge in [0.2, 0.25) is 0 Å². The van der Waals surface area contributed by atoms with E-state index in [0.717, 1.165) is 38.9 Å². The molecule has 0 radical (unpaired) electrons. The SMILES string of the molecule is O[C@@H]1O[C@H](CO[C@@H]2O[C@H](COCc3ccccc3)[C@H](OCc3ccccc3)[C@H](OCc3ccccc3)[C@H]2OCc2ccccc2)[C@@H](OCc2ccccc2)[C@H](OCc2ccccc2)[C@H]1OCc1ccccc1. The molecule has 374 valence electrons. The molecule has 0 unspecified atom stereocenters. The maximum atomic E-state index is 12.0. The molecule has 2 aliphatic heterocycles. The smallest absolute Gasteiger partial charge is 0.187 e. The Morgan fingerprint density at radius 1 is 0.278 bits per heavy atom. The normalized spacial score (nSPS) is 24.2. The molecule has 72 heavy (non-hydrogen) atoms. The summed E-state index contributed by atoms with van der Waals surface area (Å²) in [5.41, 5.74) is 6.80. The lowest BCUT2D eigenvalue weighted by molar-refractivity contribution is -0.349. The van der Waals surface area contributed by atoms with Gasteiger partial charge in [-0.25, -0.2) is 0 Å². The first-order valence-corrected chi connectivity index (χ1v) is 24.8. The van der Waals surface area contributed by atoms with Gasteiger partial charge in [0.25, 0.3) is 0 Å². The van der Waals surface area contributed by atoms with Crippen LogP contribution in [0.4, 0.5) is 0 Å². The van der Waals surface area contributed by atoms with Gasteiger partial charge in [-0.3, -0.25) is 0 Å². The fourth-order valence-corrected chi connectivity index (χ4v) is 8.97. The van der Waals surface area contributed by atoms with Crippen molar-refractivity contribution in [2.24, 2.45) is 0 Å². The summed E-state index contributed by atoms with van der Waals surface area (Å²) >= 11 is 0. The molecule has 2 heterocycles. The Morgan fingerprint density at radius 2 is 0.556 bits per heavy atom. The standard InChI is InChI=1S/C61H64O11/c62-60-58(68-41-50-32-18-6-19-33-50)56(66-39-48-28-14-4-15-29-48)55(65-38-47-26-12-3-13-27-47)53(71-60)44-70-61-59(69-42-51-34-20-7-21-35-51)57(67-40-49-30-16-5-17-31-49)54(64-37-46-24-10-2-11-25-46)52(72-61)43-63-36-45-22-8-1-9-23-45/h1-35,52-62H,36-44H2/t52-,53-,54+,55-,56+,57+,58-,59-,60-,61-/m1/s1. The van der Waals surface area contributed by atoms with Crippen LogP contribution < -0.4 is 0 Å². The summed E-state index contributed by atoms with van der Waals surface area (Å²) in [4.78, 5) is 0. The highest BCUT2D eigenvalue weighted by Crippen LogP contribution is 2.34. The van der Waals surface area contributed by atoms with Gasteiger partial charge in [0.05, 0.1) is 59.5 Å². The van der Waals surface area contributed by atoms with Crippen LogP contribution in [-0.4, -0.2) is 79.7 Å². The van der Waals surface area contributed by atoms with Gasteiger partial charge in [0.15, 0.2) is 12.6 Å². The van der Waals surface area contributed by atoms with E-state index < -0.39 is 61.4 Å². The fourth-order valence-electron chi connectivity index (χ4n) is 8.97. The molecule has 0 saturated carbocycles. The lowest BCUT2D eigenvalue weighted by Gasteiger charge is -2.47. The van der Waals surface area contributed by atoms with Gasteiger partial charge in [0.1, 0.15) is 48.8 Å². The van der Waals surface area contributed by atoms with Crippen LogP contribution in [0.2, 0.25) is 0 Å². The molecule has 7 aromatic rings. The summed E-state index contributed by atoms with van der Waals surface area (Å²) < 4.78 is 67.9. The second kappa shape index (κ2) is 27.2. The third-order valence-electron chi connectivity index (χ3n) is 12.7. The van der Waals surface area contributed by atoms with E-state index in [9.17, 15) is 5.11 Å². The average Bonchev–Trinajstić information content (AvgIpc) is 3.44. The molecule has 2 saturated heterocycles. The van der Waals surface area contributed by atoms with Crippen molar-refractivity contribution < 1.29 is 52.5 Å². The van der Waals surface area contributed by atoms with Gasteiger partial charge in [-0.2, -0.15) is 0 Å². The van der Waals surface area contributed by atoms with Crippen molar-refractivity contribution >= 4 is 0 Å². The molecule has 7 aromatic carbocycles. The Hall–Kier alpha value is -5.90. The summed E-state index contributed by atoms with van der Waals surface area (Å²) in [5, 5.41) is 12.0. The molecule has 2 aliphatic rings. The molecule has 2 fully saturated rings. The number of benzene rings is 7. The zero-order valence-electron chi connectivity index (χ0n) is 40.4. The minimum Gasteiger partial charge on any atom is -0.374 e. The van der Waals surface area contributed by atoms with Crippen molar-refractivity contribution in [3.05, 3.63) is 251 Å². The van der Waals surface area contributed by atoms with Crippen molar-refractivity contribution in [2.75, 3.05) is 13.2 Å². The molecular weight excluding hydrogens is 909 g/mol. The summed E-state index contributed by atoms with van der Waals surface area (Å²) in [5.74, 6) is 0. The molecule has 0 bridgehead atoms. The van der Waals surface area contributed by atoms with E-state index >= 15 is 0 Å². The van der Waals surface area contributed by atoms with Crippen LogP contribution in [0.5, 0.6) is 0 Å². The maximum Gasteiger partial charge on any atom is 0.187 e. The second-order valence-electron chi connectivity index (χ2n) is 18.0. The maximum absolute atomic E-state index is 12.0. The first-order valence-electron chi connectivity index (χ1n) is 24.8. The Bertz CT molecular complexity index is 2550. The van der Waals surface area contributed by atoms with E-state index in [2.05, 4.69) is 0 Å². The molecule has 10 atom stereocenters. The van der Waals surface area contributed by atoms with E-state index in [4.69, 9.17) is 47.4 Å². The van der Waals surface area contributed by atoms with Gasteiger partial charge < -0.3 is 52.5 Å². The second-order valence-corrected chi connectivity index (χ2v) is 18.0. The van der Waals surface area contributed by atoms with Crippen molar-refractivity contribution in [1.82, 2.24) is 0 Å². The zero-order valence-corrected chi connectivity index (χ0v) is 40.4. The topological polar surface area (TPSA) is 113 Å². The third kappa shape index (κ3) is 14.8. The average molecular weight is 973 g/mol. The summed E-state index contributed by atoms with van der Waals surface area (Å²) in [7, 11) is 0. The van der Waals surface area contributed by atoms with Crippen LogP contribution in [0, 0.1) is 0 Å². The summed E-state index contributed by atoms with van der Waals surface area (Å²) in [6.07, 6.45) is -8.74. The minimum atomic E-state index is -1.41. The molecule has 0 amide bonds. The Kier molecular flexibility index (Phi) is 19.3. The lowest BCUT2D eigenvalue weighted by Crippen LogP contribution is -2.63. The molecule has 11 nitrogen and oxygen atoms in total. The number of rotatable bonds is 25. The first-order chi connectivity index (χ1) is 35.6. The minimum absolute atomic E-state index is 0.0957. The lowest BCUT2D eigenvalue weighted by atomic mass is 9.97. The van der Waals surface area contributed by atoms with Crippen LogP contribution in [0.3, 0.4) is 0 Å². The highest BCUT2D eigenvalue weighted by atomic mass is 16.7. The van der Waals surface area contributed by atoms with E-state index in [1.54, 1.807) is 0 Å². The number of hydrogen-bond acceptors (Lipinski definition) is 11. The Labute approximate surface area is 423 Å². The van der Waals surface area contributed by atoms with E-state index in [0.29, 0.717) is 6.61 Å².